The number of nitrogens with zero attached hydrogens (tertiary/aromatic N) is 3. The summed E-state index contributed by atoms with van der Waals surface area (Å²) in [6.45, 7) is 6.78. The molecule has 1 aliphatic rings. The average Bonchev–Trinajstić information content (AvgIpc) is 3.25. The van der Waals surface area contributed by atoms with Gasteiger partial charge in [0.2, 0.25) is 0 Å². The number of hydrogen-bond donors (Lipinski definition) is 0. The first kappa shape index (κ1) is 27.1. The molecule has 0 bridgehead atoms. The third-order valence-corrected chi connectivity index (χ3v) is 7.11. The van der Waals surface area contributed by atoms with Crippen LogP contribution in [-0.4, -0.2) is 33.1 Å². The molecule has 1 amide bonds. The van der Waals surface area contributed by atoms with E-state index in [1.807, 2.05) is 75.4 Å². The van der Waals surface area contributed by atoms with Gasteiger partial charge in [-0.05, 0) is 93.1 Å². The minimum Gasteiger partial charge on any atom is -0.445 e. The van der Waals surface area contributed by atoms with Crippen molar-refractivity contribution in [3.05, 3.63) is 118 Å². The number of carbonyl (C=O) groups excluding carboxylic acids is 1. The molecule has 0 aliphatic carbocycles. The van der Waals surface area contributed by atoms with Gasteiger partial charge in [0.05, 0.1) is 6.04 Å². The normalized spacial score (nSPS) is 14.3. The zero-order valence-corrected chi connectivity index (χ0v) is 22.9. The van der Waals surface area contributed by atoms with Crippen molar-refractivity contribution in [2.24, 2.45) is 0 Å². The first-order valence-electron chi connectivity index (χ1n) is 13.4. The maximum Gasteiger partial charge on any atom is 0.411 e. The van der Waals surface area contributed by atoms with E-state index in [1.54, 1.807) is 11.0 Å². The van der Waals surface area contributed by atoms with E-state index in [1.165, 1.54) is 0 Å². The molecule has 0 unspecified atom stereocenters. The fourth-order valence-electron chi connectivity index (χ4n) is 4.88. The van der Waals surface area contributed by atoms with Gasteiger partial charge in [-0.15, -0.1) is 0 Å². The van der Waals surface area contributed by atoms with Crippen LogP contribution < -0.4 is 0 Å². The van der Waals surface area contributed by atoms with Gasteiger partial charge in [0, 0.05) is 29.2 Å². The van der Waals surface area contributed by atoms with Crippen molar-refractivity contribution in [1.82, 2.24) is 14.5 Å². The lowest BCUT2D eigenvalue weighted by Gasteiger charge is -2.36. The molecule has 0 spiro atoms. The van der Waals surface area contributed by atoms with Crippen LogP contribution in [-0.2, 0) is 24.2 Å². The number of ether oxygens (including phenoxy) is 1. The Morgan fingerprint density at radius 1 is 1.00 bits per heavy atom. The van der Waals surface area contributed by atoms with E-state index in [0.29, 0.717) is 24.9 Å². The summed E-state index contributed by atoms with van der Waals surface area (Å²) in [7, 11) is 0. The molecule has 5 nitrogen and oxygen atoms in total. The number of carbonyl (C=O) groups is 1. The van der Waals surface area contributed by atoms with Crippen molar-refractivity contribution in [2.45, 2.75) is 52.7 Å². The SMILES string of the molecule is Cc1cc(CCc2cc(C#C[C@H]3CCN3C(=O)OCc3ccccc3)cc(F)c2F)nc(-n2c(C)ccc2C)c1. The quantitative estimate of drug-likeness (QED) is 0.259. The highest BCUT2D eigenvalue weighted by atomic mass is 19.2. The molecule has 1 saturated heterocycles. The molecular formula is C33H31F2N3O2. The van der Waals surface area contributed by atoms with E-state index in [0.717, 1.165) is 40.1 Å². The first-order valence-corrected chi connectivity index (χ1v) is 13.4. The molecule has 5 rings (SSSR count). The highest BCUT2D eigenvalue weighted by Crippen LogP contribution is 2.22. The van der Waals surface area contributed by atoms with Crippen LogP contribution in [0, 0.1) is 44.2 Å². The highest BCUT2D eigenvalue weighted by molar-refractivity contribution is 5.70. The molecule has 7 heteroatoms. The van der Waals surface area contributed by atoms with E-state index in [4.69, 9.17) is 9.72 Å². The molecule has 0 saturated carbocycles. The van der Waals surface area contributed by atoms with Crippen LogP contribution in [0.5, 0.6) is 0 Å². The molecule has 1 atom stereocenters. The van der Waals surface area contributed by atoms with E-state index in [-0.39, 0.29) is 24.6 Å². The second-order valence-corrected chi connectivity index (χ2v) is 10.2. The molecule has 3 heterocycles. The fraction of sp³-hybridized carbons (Fsp3) is 0.273. The summed E-state index contributed by atoms with van der Waals surface area (Å²) in [5.74, 6) is 4.96. The van der Waals surface area contributed by atoms with Gasteiger partial charge in [-0.1, -0.05) is 42.2 Å². The van der Waals surface area contributed by atoms with Gasteiger partial charge >= 0.3 is 6.09 Å². The average molecular weight is 540 g/mol. The van der Waals surface area contributed by atoms with Crippen molar-refractivity contribution in [3.63, 3.8) is 0 Å². The van der Waals surface area contributed by atoms with Crippen molar-refractivity contribution < 1.29 is 18.3 Å². The zero-order valence-electron chi connectivity index (χ0n) is 22.9. The van der Waals surface area contributed by atoms with Crippen LogP contribution >= 0.6 is 0 Å². The summed E-state index contributed by atoms with van der Waals surface area (Å²) < 4.78 is 36.7. The van der Waals surface area contributed by atoms with Gasteiger partial charge in [-0.25, -0.2) is 18.6 Å². The van der Waals surface area contributed by atoms with Gasteiger partial charge in [-0.2, -0.15) is 0 Å². The van der Waals surface area contributed by atoms with Gasteiger partial charge in [0.1, 0.15) is 12.4 Å². The molecule has 204 valence electrons. The van der Waals surface area contributed by atoms with Crippen LogP contribution in [0.3, 0.4) is 0 Å². The van der Waals surface area contributed by atoms with Crippen LogP contribution in [0.15, 0.2) is 66.7 Å². The minimum absolute atomic E-state index is 0.185. The molecule has 40 heavy (non-hydrogen) atoms. The summed E-state index contributed by atoms with van der Waals surface area (Å²) >= 11 is 0. The number of likely N-dealkylation sites (tertiary alicyclic amines) is 1. The lowest BCUT2D eigenvalue weighted by Crippen LogP contribution is -2.50. The van der Waals surface area contributed by atoms with Gasteiger partial charge in [-0.3, -0.25) is 4.90 Å². The third kappa shape index (κ3) is 6.07. The number of amides is 1. The van der Waals surface area contributed by atoms with E-state index < -0.39 is 17.7 Å². The largest absolute Gasteiger partial charge is 0.445 e. The molecule has 0 N–H and O–H groups in total. The van der Waals surface area contributed by atoms with Crippen LogP contribution in [0.25, 0.3) is 5.82 Å². The van der Waals surface area contributed by atoms with E-state index >= 15 is 0 Å². The van der Waals surface area contributed by atoms with E-state index in [2.05, 4.69) is 16.4 Å². The monoisotopic (exact) mass is 539 g/mol. The Labute approximate surface area is 233 Å². The molecule has 4 aromatic rings. The summed E-state index contributed by atoms with van der Waals surface area (Å²) in [5.41, 5.74) is 5.53. The predicted octanol–water partition coefficient (Wildman–Crippen LogP) is 6.62. The Bertz CT molecular complexity index is 1580. The Hall–Kier alpha value is -4.44. The maximum absolute atomic E-state index is 14.7. The summed E-state index contributed by atoms with van der Waals surface area (Å²) in [6.07, 6.45) is 0.992. The molecular weight excluding hydrogens is 508 g/mol. The number of rotatable bonds is 6. The molecule has 2 aromatic carbocycles. The zero-order chi connectivity index (χ0) is 28.2. The molecule has 0 radical (unpaired) electrons. The van der Waals surface area contributed by atoms with Crippen molar-refractivity contribution >= 4 is 6.09 Å². The summed E-state index contributed by atoms with van der Waals surface area (Å²) in [5, 5.41) is 0. The Kier molecular flexibility index (Phi) is 7.97. The second kappa shape index (κ2) is 11.7. The standard InChI is InChI=1S/C33H31F2N3O2/c1-22-17-28(36-31(18-22)38-23(2)9-10-24(38)3)13-12-27-19-26(20-30(34)32(27)35)11-14-29-15-16-37(29)33(39)40-21-25-7-5-4-6-8-25/h4-10,17-20,29H,12-13,15-16,21H2,1-3H3/t29-/m0/s1. The number of pyridine rings is 1. The molecule has 1 aliphatic heterocycles. The Balaban J connectivity index is 1.26. The minimum atomic E-state index is -0.939. The topological polar surface area (TPSA) is 47.4 Å². The summed E-state index contributed by atoms with van der Waals surface area (Å²) in [4.78, 5) is 18.8. The second-order valence-electron chi connectivity index (χ2n) is 10.2. The lowest BCUT2D eigenvalue weighted by molar-refractivity contribution is 0.0600. The van der Waals surface area contributed by atoms with Crippen LogP contribution in [0.4, 0.5) is 13.6 Å². The smallest absolute Gasteiger partial charge is 0.411 e. The van der Waals surface area contributed by atoms with E-state index in [9.17, 15) is 13.6 Å². The lowest BCUT2D eigenvalue weighted by atomic mass is 10.0. The number of aromatic nitrogens is 2. The van der Waals surface area contributed by atoms with Crippen molar-refractivity contribution in [2.75, 3.05) is 6.54 Å². The maximum atomic E-state index is 14.7. The van der Waals surface area contributed by atoms with Gasteiger partial charge in [0.25, 0.3) is 0 Å². The summed E-state index contributed by atoms with van der Waals surface area (Å²) in [6, 6.07) is 19.9. The molecule has 1 fully saturated rings. The number of hydrogen-bond acceptors (Lipinski definition) is 3. The van der Waals surface area contributed by atoms with Crippen molar-refractivity contribution in [1.29, 1.82) is 0 Å². The van der Waals surface area contributed by atoms with Crippen LogP contribution in [0.2, 0.25) is 0 Å². The van der Waals surface area contributed by atoms with Gasteiger partial charge < -0.3 is 9.30 Å². The number of benzene rings is 2. The Morgan fingerprint density at radius 2 is 1.75 bits per heavy atom. The van der Waals surface area contributed by atoms with Crippen LogP contribution in [0.1, 0.15) is 45.8 Å². The highest BCUT2D eigenvalue weighted by Gasteiger charge is 2.32. The van der Waals surface area contributed by atoms with Gasteiger partial charge in [0.15, 0.2) is 11.6 Å². The first-order chi connectivity index (χ1) is 19.3. The fourth-order valence-corrected chi connectivity index (χ4v) is 4.88. The third-order valence-electron chi connectivity index (χ3n) is 7.11. The van der Waals surface area contributed by atoms with Crippen molar-refractivity contribution in [3.8, 4) is 17.7 Å². The number of halogens is 2. The Morgan fingerprint density at radius 3 is 2.45 bits per heavy atom. The predicted molar refractivity (Wildman–Crippen MR) is 150 cm³/mol. The molecule has 2 aromatic heterocycles. The number of aryl methyl sites for hydroxylation is 5.